The van der Waals surface area contributed by atoms with Gasteiger partial charge in [0.1, 0.15) is 5.75 Å². The van der Waals surface area contributed by atoms with Crippen molar-refractivity contribution in [1.82, 2.24) is 4.98 Å². The number of rotatable bonds is 4. The van der Waals surface area contributed by atoms with Crippen LogP contribution >= 0.6 is 34.3 Å². The Bertz CT molecular complexity index is 689. The SMILES string of the molecule is Cc1nc2c(cc(OCCCCl)c3ccsc32)s1. The van der Waals surface area contributed by atoms with Gasteiger partial charge in [-0.15, -0.1) is 34.3 Å². The van der Waals surface area contributed by atoms with Crippen molar-refractivity contribution in [2.24, 2.45) is 0 Å². The lowest BCUT2D eigenvalue weighted by Crippen LogP contribution is -1.97. The molecule has 0 saturated heterocycles. The number of thiazole rings is 1. The van der Waals surface area contributed by atoms with E-state index in [0.717, 1.165) is 28.1 Å². The lowest BCUT2D eigenvalue weighted by atomic mass is 10.2. The Labute approximate surface area is 118 Å². The molecule has 2 aromatic heterocycles. The minimum absolute atomic E-state index is 0.634. The third-order valence-corrected chi connectivity index (χ3v) is 4.81. The van der Waals surface area contributed by atoms with Crippen LogP contribution in [-0.4, -0.2) is 17.5 Å². The fourth-order valence-corrected chi connectivity index (χ4v) is 3.89. The molecule has 0 spiro atoms. The number of aromatic nitrogens is 1. The van der Waals surface area contributed by atoms with E-state index in [1.54, 1.807) is 22.7 Å². The molecule has 0 aliphatic carbocycles. The fourth-order valence-electron chi connectivity index (χ4n) is 1.94. The maximum atomic E-state index is 5.84. The van der Waals surface area contributed by atoms with E-state index in [1.165, 1.54) is 9.40 Å². The smallest absolute Gasteiger partial charge is 0.129 e. The Morgan fingerprint density at radius 3 is 3.17 bits per heavy atom. The summed E-state index contributed by atoms with van der Waals surface area (Å²) < 4.78 is 8.25. The van der Waals surface area contributed by atoms with E-state index in [2.05, 4.69) is 22.5 Å². The molecule has 3 rings (SSSR count). The normalized spacial score (nSPS) is 11.4. The van der Waals surface area contributed by atoms with Crippen LogP contribution < -0.4 is 4.74 Å². The van der Waals surface area contributed by atoms with Gasteiger partial charge in [0.15, 0.2) is 0 Å². The third-order valence-electron chi connectivity index (χ3n) is 2.70. The maximum Gasteiger partial charge on any atom is 0.129 e. The Hall–Kier alpha value is -0.840. The molecule has 0 saturated carbocycles. The summed E-state index contributed by atoms with van der Waals surface area (Å²) in [5.41, 5.74) is 1.10. The Balaban J connectivity index is 2.12. The molecule has 0 N–H and O–H groups in total. The lowest BCUT2D eigenvalue weighted by molar-refractivity contribution is 0.322. The largest absolute Gasteiger partial charge is 0.493 e. The van der Waals surface area contributed by atoms with Crippen molar-refractivity contribution >= 4 is 54.6 Å². The van der Waals surface area contributed by atoms with E-state index in [1.807, 2.05) is 6.92 Å². The van der Waals surface area contributed by atoms with Crippen LogP contribution in [0.3, 0.4) is 0 Å². The second-order valence-electron chi connectivity index (χ2n) is 4.01. The van der Waals surface area contributed by atoms with Gasteiger partial charge in [0.2, 0.25) is 0 Å². The van der Waals surface area contributed by atoms with E-state index >= 15 is 0 Å². The molecule has 1 aromatic carbocycles. The van der Waals surface area contributed by atoms with E-state index in [0.29, 0.717) is 12.5 Å². The molecule has 0 aliphatic rings. The van der Waals surface area contributed by atoms with Crippen molar-refractivity contribution in [3.05, 3.63) is 22.5 Å². The highest BCUT2D eigenvalue weighted by molar-refractivity contribution is 7.21. The van der Waals surface area contributed by atoms with Gasteiger partial charge in [-0.25, -0.2) is 4.98 Å². The molecule has 94 valence electrons. The molecular formula is C13H12ClNOS2. The van der Waals surface area contributed by atoms with Crippen LogP contribution in [0.1, 0.15) is 11.4 Å². The minimum Gasteiger partial charge on any atom is -0.493 e. The maximum absolute atomic E-state index is 5.84. The van der Waals surface area contributed by atoms with Crippen molar-refractivity contribution in [2.45, 2.75) is 13.3 Å². The third kappa shape index (κ3) is 2.09. The van der Waals surface area contributed by atoms with E-state index in [4.69, 9.17) is 16.3 Å². The number of ether oxygens (including phenoxy) is 1. The Morgan fingerprint density at radius 1 is 1.44 bits per heavy atom. The summed E-state index contributed by atoms with van der Waals surface area (Å²) in [6.45, 7) is 2.70. The molecular weight excluding hydrogens is 286 g/mol. The van der Waals surface area contributed by atoms with Crippen LogP contribution in [0, 0.1) is 6.92 Å². The van der Waals surface area contributed by atoms with Gasteiger partial charge in [0, 0.05) is 17.3 Å². The van der Waals surface area contributed by atoms with Gasteiger partial charge in [-0.05, 0) is 24.8 Å². The Kier molecular flexibility index (Phi) is 3.41. The molecule has 18 heavy (non-hydrogen) atoms. The topological polar surface area (TPSA) is 22.1 Å². The Morgan fingerprint density at radius 2 is 2.33 bits per heavy atom. The van der Waals surface area contributed by atoms with Crippen LogP contribution in [0.25, 0.3) is 20.3 Å². The molecule has 5 heteroatoms. The van der Waals surface area contributed by atoms with Crippen molar-refractivity contribution in [3.8, 4) is 5.75 Å². The summed E-state index contributed by atoms with van der Waals surface area (Å²) in [6.07, 6.45) is 0.868. The van der Waals surface area contributed by atoms with Gasteiger partial charge in [-0.3, -0.25) is 0 Å². The molecule has 3 aromatic rings. The van der Waals surface area contributed by atoms with Crippen molar-refractivity contribution in [3.63, 3.8) is 0 Å². The number of aryl methyl sites for hydroxylation is 1. The number of thiophene rings is 1. The zero-order chi connectivity index (χ0) is 12.5. The molecule has 0 unspecified atom stereocenters. The molecule has 2 heterocycles. The highest BCUT2D eigenvalue weighted by Crippen LogP contribution is 2.38. The first-order valence-electron chi connectivity index (χ1n) is 5.75. The van der Waals surface area contributed by atoms with Crippen LogP contribution in [0.2, 0.25) is 0 Å². The summed E-state index contributed by atoms with van der Waals surface area (Å²) in [5, 5.41) is 4.35. The summed E-state index contributed by atoms with van der Waals surface area (Å²) >= 11 is 9.11. The zero-order valence-electron chi connectivity index (χ0n) is 9.90. The molecule has 0 atom stereocenters. The summed E-state index contributed by atoms with van der Waals surface area (Å²) in [7, 11) is 0. The summed E-state index contributed by atoms with van der Waals surface area (Å²) in [6, 6.07) is 4.20. The van der Waals surface area contributed by atoms with Crippen LogP contribution in [0.4, 0.5) is 0 Å². The van der Waals surface area contributed by atoms with Crippen molar-refractivity contribution < 1.29 is 4.74 Å². The van der Waals surface area contributed by atoms with Crippen LogP contribution in [0.15, 0.2) is 17.5 Å². The number of halogens is 1. The monoisotopic (exact) mass is 297 g/mol. The number of hydrogen-bond acceptors (Lipinski definition) is 4. The quantitative estimate of drug-likeness (QED) is 0.508. The fraction of sp³-hybridized carbons (Fsp3) is 0.308. The first kappa shape index (κ1) is 12.2. The first-order chi connectivity index (χ1) is 8.79. The molecule has 2 nitrogen and oxygen atoms in total. The van der Waals surface area contributed by atoms with E-state index in [9.17, 15) is 0 Å². The molecule has 0 radical (unpaired) electrons. The van der Waals surface area contributed by atoms with Gasteiger partial charge >= 0.3 is 0 Å². The number of fused-ring (bicyclic) bond motifs is 3. The van der Waals surface area contributed by atoms with E-state index < -0.39 is 0 Å². The van der Waals surface area contributed by atoms with Gasteiger partial charge < -0.3 is 4.74 Å². The average Bonchev–Trinajstić information content (AvgIpc) is 2.94. The first-order valence-corrected chi connectivity index (χ1v) is 7.99. The lowest BCUT2D eigenvalue weighted by Gasteiger charge is -2.06. The summed E-state index contributed by atoms with van der Waals surface area (Å²) in [4.78, 5) is 4.60. The van der Waals surface area contributed by atoms with Crippen molar-refractivity contribution in [1.29, 1.82) is 0 Å². The van der Waals surface area contributed by atoms with Gasteiger partial charge in [0.25, 0.3) is 0 Å². The van der Waals surface area contributed by atoms with Gasteiger partial charge in [-0.2, -0.15) is 0 Å². The average molecular weight is 298 g/mol. The number of benzene rings is 1. The predicted molar refractivity (Wildman–Crippen MR) is 80.6 cm³/mol. The standard InChI is InChI=1S/C13H12ClNOS2/c1-8-15-12-11(18-8)7-10(16-5-2-4-14)9-3-6-17-13(9)12/h3,6-7H,2,4-5H2,1H3. The minimum atomic E-state index is 0.634. The summed E-state index contributed by atoms with van der Waals surface area (Å²) in [5.74, 6) is 1.59. The number of nitrogens with zero attached hydrogens (tertiary/aromatic N) is 1. The second kappa shape index (κ2) is 5.03. The predicted octanol–water partition coefficient (Wildman–Crippen LogP) is 4.83. The van der Waals surface area contributed by atoms with Gasteiger partial charge in [-0.1, -0.05) is 0 Å². The van der Waals surface area contributed by atoms with Crippen LogP contribution in [-0.2, 0) is 0 Å². The second-order valence-corrected chi connectivity index (χ2v) is 6.54. The molecule has 0 bridgehead atoms. The molecule has 0 fully saturated rings. The van der Waals surface area contributed by atoms with Gasteiger partial charge in [0.05, 0.1) is 26.5 Å². The highest BCUT2D eigenvalue weighted by Gasteiger charge is 2.12. The highest BCUT2D eigenvalue weighted by atomic mass is 35.5. The zero-order valence-corrected chi connectivity index (χ0v) is 12.3. The van der Waals surface area contributed by atoms with Crippen LogP contribution in [0.5, 0.6) is 5.75 Å². The van der Waals surface area contributed by atoms with Crippen molar-refractivity contribution in [2.75, 3.05) is 12.5 Å². The molecule has 0 amide bonds. The molecule has 0 aliphatic heterocycles. The number of alkyl halides is 1. The number of hydrogen-bond donors (Lipinski definition) is 0. The van der Waals surface area contributed by atoms with E-state index in [-0.39, 0.29) is 0 Å².